The van der Waals surface area contributed by atoms with Gasteiger partial charge in [-0.05, 0) is 34.4 Å². The SMILES string of the molecule is ClCOCc1cccc(-c2cccc(COCCl)c2)c1. The van der Waals surface area contributed by atoms with Crippen LogP contribution in [-0.4, -0.2) is 12.1 Å². The van der Waals surface area contributed by atoms with Crippen LogP contribution in [0.1, 0.15) is 11.1 Å². The van der Waals surface area contributed by atoms with Gasteiger partial charge in [0.25, 0.3) is 0 Å². The van der Waals surface area contributed by atoms with E-state index in [-0.39, 0.29) is 12.1 Å². The quantitative estimate of drug-likeness (QED) is 0.685. The van der Waals surface area contributed by atoms with Crippen molar-refractivity contribution in [1.82, 2.24) is 0 Å². The van der Waals surface area contributed by atoms with Crippen molar-refractivity contribution in [2.75, 3.05) is 12.1 Å². The molecule has 0 aliphatic carbocycles. The lowest BCUT2D eigenvalue weighted by Gasteiger charge is -2.08. The number of halogens is 2. The Bertz CT molecular complexity index is 494. The fraction of sp³-hybridized carbons (Fsp3) is 0.250. The lowest BCUT2D eigenvalue weighted by Crippen LogP contribution is -1.92. The fourth-order valence-electron chi connectivity index (χ4n) is 1.99. The maximum atomic E-state index is 5.53. The predicted molar refractivity (Wildman–Crippen MR) is 82.9 cm³/mol. The molecule has 0 fully saturated rings. The Morgan fingerprint density at radius 2 is 1.15 bits per heavy atom. The molecule has 0 atom stereocenters. The van der Waals surface area contributed by atoms with E-state index in [1.54, 1.807) is 0 Å². The Morgan fingerprint density at radius 1 is 0.700 bits per heavy atom. The monoisotopic (exact) mass is 310 g/mol. The third-order valence-corrected chi connectivity index (χ3v) is 3.19. The maximum absolute atomic E-state index is 5.53. The molecule has 20 heavy (non-hydrogen) atoms. The average molecular weight is 311 g/mol. The number of benzene rings is 2. The van der Waals surface area contributed by atoms with Crippen LogP contribution < -0.4 is 0 Å². The zero-order valence-corrected chi connectivity index (χ0v) is 12.5. The first kappa shape index (κ1) is 15.3. The van der Waals surface area contributed by atoms with Crippen LogP contribution in [0.3, 0.4) is 0 Å². The van der Waals surface area contributed by atoms with Gasteiger partial charge >= 0.3 is 0 Å². The van der Waals surface area contributed by atoms with E-state index in [2.05, 4.69) is 24.3 Å². The summed E-state index contributed by atoms with van der Waals surface area (Å²) in [5, 5.41) is 0. The standard InChI is InChI=1S/C16H16Cl2O2/c17-11-19-9-13-3-1-5-15(7-13)16-6-2-4-14(8-16)10-20-12-18/h1-8H,9-12H2. The molecule has 0 aromatic heterocycles. The molecule has 2 nitrogen and oxygen atoms in total. The first-order valence-electron chi connectivity index (χ1n) is 6.29. The summed E-state index contributed by atoms with van der Waals surface area (Å²) >= 11 is 11.1. The van der Waals surface area contributed by atoms with E-state index in [1.807, 2.05) is 24.3 Å². The number of hydrogen-bond acceptors (Lipinski definition) is 2. The molecule has 0 aliphatic rings. The van der Waals surface area contributed by atoms with Crippen LogP contribution in [0.15, 0.2) is 48.5 Å². The van der Waals surface area contributed by atoms with Gasteiger partial charge in [-0.25, -0.2) is 0 Å². The minimum Gasteiger partial charge on any atom is -0.361 e. The molecule has 0 radical (unpaired) electrons. The highest BCUT2D eigenvalue weighted by Gasteiger charge is 2.01. The molecule has 2 rings (SSSR count). The number of alkyl halides is 2. The first-order valence-corrected chi connectivity index (χ1v) is 7.36. The first-order chi connectivity index (χ1) is 9.83. The second-order valence-corrected chi connectivity index (χ2v) is 4.75. The molecule has 0 aliphatic heterocycles. The van der Waals surface area contributed by atoms with Gasteiger partial charge in [-0.3, -0.25) is 0 Å². The van der Waals surface area contributed by atoms with Gasteiger partial charge in [0.1, 0.15) is 12.1 Å². The van der Waals surface area contributed by atoms with Crippen LogP contribution in [-0.2, 0) is 22.7 Å². The Morgan fingerprint density at radius 3 is 1.55 bits per heavy atom. The van der Waals surface area contributed by atoms with Gasteiger partial charge in [0.2, 0.25) is 0 Å². The van der Waals surface area contributed by atoms with Gasteiger partial charge in [0, 0.05) is 0 Å². The molecule has 106 valence electrons. The van der Waals surface area contributed by atoms with Gasteiger partial charge < -0.3 is 9.47 Å². The number of rotatable bonds is 7. The molecule has 0 spiro atoms. The molecular weight excluding hydrogens is 295 g/mol. The molecule has 0 unspecified atom stereocenters. The van der Waals surface area contributed by atoms with Gasteiger partial charge in [0.05, 0.1) is 13.2 Å². The molecule has 0 saturated heterocycles. The van der Waals surface area contributed by atoms with E-state index in [0.717, 1.165) is 22.3 Å². The van der Waals surface area contributed by atoms with Crippen molar-refractivity contribution in [3.05, 3.63) is 59.7 Å². The van der Waals surface area contributed by atoms with E-state index >= 15 is 0 Å². The van der Waals surface area contributed by atoms with E-state index in [9.17, 15) is 0 Å². The van der Waals surface area contributed by atoms with Crippen molar-refractivity contribution in [3.8, 4) is 11.1 Å². The van der Waals surface area contributed by atoms with E-state index in [1.165, 1.54) is 0 Å². The molecule has 0 N–H and O–H groups in total. The van der Waals surface area contributed by atoms with Crippen LogP contribution in [0.4, 0.5) is 0 Å². The third kappa shape index (κ3) is 4.50. The zero-order valence-electron chi connectivity index (χ0n) is 11.0. The summed E-state index contributed by atoms with van der Waals surface area (Å²) in [5.74, 6) is 0. The minimum atomic E-state index is 0.204. The van der Waals surface area contributed by atoms with Gasteiger partial charge in [-0.2, -0.15) is 0 Å². The summed E-state index contributed by atoms with van der Waals surface area (Å²) in [6.07, 6.45) is 0. The topological polar surface area (TPSA) is 18.5 Å². The predicted octanol–water partition coefficient (Wildman–Crippen LogP) is 4.78. The lowest BCUT2D eigenvalue weighted by molar-refractivity contribution is 0.165. The Kier molecular flexibility index (Phi) is 6.34. The molecule has 0 bridgehead atoms. The van der Waals surface area contributed by atoms with Crippen molar-refractivity contribution in [3.63, 3.8) is 0 Å². The van der Waals surface area contributed by atoms with Crippen molar-refractivity contribution in [2.45, 2.75) is 13.2 Å². The summed E-state index contributed by atoms with van der Waals surface area (Å²) in [7, 11) is 0. The van der Waals surface area contributed by atoms with Crippen LogP contribution in [0.2, 0.25) is 0 Å². The van der Waals surface area contributed by atoms with E-state index in [4.69, 9.17) is 32.7 Å². The number of ether oxygens (including phenoxy) is 2. The van der Waals surface area contributed by atoms with E-state index in [0.29, 0.717) is 13.2 Å². The van der Waals surface area contributed by atoms with Crippen LogP contribution >= 0.6 is 23.2 Å². The molecule has 4 heteroatoms. The molecular formula is C16H16Cl2O2. The molecule has 0 amide bonds. The summed E-state index contributed by atoms with van der Waals surface area (Å²) < 4.78 is 10.4. The number of hydrogen-bond donors (Lipinski definition) is 0. The molecule has 0 saturated carbocycles. The Balaban J connectivity index is 2.17. The summed E-state index contributed by atoms with van der Waals surface area (Å²) in [6, 6.07) is 16.9. The highest BCUT2D eigenvalue weighted by molar-refractivity contribution is 6.17. The average Bonchev–Trinajstić information content (AvgIpc) is 2.51. The van der Waals surface area contributed by atoms with Crippen molar-refractivity contribution < 1.29 is 9.47 Å². The molecule has 2 aromatic carbocycles. The maximum Gasteiger partial charge on any atom is 0.121 e. The fourth-order valence-corrected chi connectivity index (χ4v) is 2.15. The molecule has 0 heterocycles. The Hall–Kier alpha value is -1.06. The van der Waals surface area contributed by atoms with Crippen LogP contribution in [0, 0.1) is 0 Å². The Labute approximate surface area is 129 Å². The van der Waals surface area contributed by atoms with Crippen molar-refractivity contribution >= 4 is 23.2 Å². The normalized spacial score (nSPS) is 10.7. The highest BCUT2D eigenvalue weighted by atomic mass is 35.5. The second kappa shape index (κ2) is 8.28. The largest absolute Gasteiger partial charge is 0.361 e. The van der Waals surface area contributed by atoms with Crippen molar-refractivity contribution in [1.29, 1.82) is 0 Å². The lowest BCUT2D eigenvalue weighted by atomic mass is 10.0. The van der Waals surface area contributed by atoms with Crippen LogP contribution in [0.25, 0.3) is 11.1 Å². The minimum absolute atomic E-state index is 0.204. The van der Waals surface area contributed by atoms with E-state index < -0.39 is 0 Å². The smallest absolute Gasteiger partial charge is 0.121 e. The summed E-state index contributed by atoms with van der Waals surface area (Å²) in [5.41, 5.74) is 4.50. The zero-order chi connectivity index (χ0) is 14.2. The van der Waals surface area contributed by atoms with Crippen LogP contribution in [0.5, 0.6) is 0 Å². The highest BCUT2D eigenvalue weighted by Crippen LogP contribution is 2.22. The van der Waals surface area contributed by atoms with Gasteiger partial charge in [-0.1, -0.05) is 59.6 Å². The summed E-state index contributed by atoms with van der Waals surface area (Å²) in [4.78, 5) is 0. The third-order valence-electron chi connectivity index (χ3n) is 2.88. The van der Waals surface area contributed by atoms with Gasteiger partial charge in [-0.15, -0.1) is 0 Å². The van der Waals surface area contributed by atoms with Crippen molar-refractivity contribution in [2.24, 2.45) is 0 Å². The van der Waals surface area contributed by atoms with Gasteiger partial charge in [0.15, 0.2) is 0 Å². The summed E-state index contributed by atoms with van der Waals surface area (Å²) in [6.45, 7) is 1.04. The molecule has 2 aromatic rings. The second-order valence-electron chi connectivity index (χ2n) is 4.32.